The molecule has 3 nitrogen and oxygen atoms in total. The van der Waals surface area contributed by atoms with Gasteiger partial charge in [0.25, 0.3) is 0 Å². The van der Waals surface area contributed by atoms with E-state index in [2.05, 4.69) is 160 Å². The van der Waals surface area contributed by atoms with Crippen molar-refractivity contribution in [2.45, 2.75) is 33.1 Å². The van der Waals surface area contributed by atoms with E-state index in [0.717, 1.165) is 66.3 Å². The molecule has 0 bridgehead atoms. The molecule has 0 saturated heterocycles. The van der Waals surface area contributed by atoms with E-state index in [0.29, 0.717) is 0 Å². The lowest BCUT2D eigenvalue weighted by Crippen LogP contribution is -2.10. The van der Waals surface area contributed by atoms with E-state index in [4.69, 9.17) is 8.83 Å². The van der Waals surface area contributed by atoms with Crippen LogP contribution in [0.15, 0.2) is 136 Å². The van der Waals surface area contributed by atoms with E-state index in [1.807, 2.05) is 0 Å². The van der Waals surface area contributed by atoms with Gasteiger partial charge in [-0.2, -0.15) is 0 Å². The Hall–Kier alpha value is -5.54. The standard InChI is InChI=1S/C43H33NO2/c1-26-16-19-28(20-17-26)44(29-21-22-32-34-14-9-15-35(43(2,3)4)42(34)46-38(32)24-29)36-25-39-41(33-13-8-7-12-31(33)36)40-30-11-6-5-10-27(30)18-23-37(40)45-39/h5-25H,1-4H3. The molecule has 9 rings (SSSR count). The Morgan fingerprint density at radius 1 is 0.500 bits per heavy atom. The van der Waals surface area contributed by atoms with E-state index < -0.39 is 0 Å². The zero-order valence-electron chi connectivity index (χ0n) is 26.4. The van der Waals surface area contributed by atoms with Gasteiger partial charge in [-0.05, 0) is 58.8 Å². The highest BCUT2D eigenvalue weighted by molar-refractivity contribution is 6.28. The maximum Gasteiger partial charge on any atom is 0.139 e. The summed E-state index contributed by atoms with van der Waals surface area (Å²) < 4.78 is 13.3. The third-order valence-corrected chi connectivity index (χ3v) is 9.43. The minimum Gasteiger partial charge on any atom is -0.456 e. The van der Waals surface area contributed by atoms with Crippen LogP contribution in [0, 0.1) is 6.92 Å². The average molecular weight is 596 g/mol. The smallest absolute Gasteiger partial charge is 0.139 e. The van der Waals surface area contributed by atoms with Gasteiger partial charge in [0.15, 0.2) is 0 Å². The first-order valence-electron chi connectivity index (χ1n) is 15.9. The summed E-state index contributed by atoms with van der Waals surface area (Å²) in [7, 11) is 0. The zero-order chi connectivity index (χ0) is 31.2. The molecule has 7 aromatic carbocycles. The van der Waals surface area contributed by atoms with Crippen molar-refractivity contribution >= 4 is 82.5 Å². The maximum absolute atomic E-state index is 6.69. The van der Waals surface area contributed by atoms with Crippen LogP contribution in [-0.4, -0.2) is 0 Å². The van der Waals surface area contributed by atoms with Crippen LogP contribution in [0.25, 0.3) is 65.4 Å². The number of furan rings is 2. The van der Waals surface area contributed by atoms with Crippen LogP contribution < -0.4 is 4.90 Å². The highest BCUT2D eigenvalue weighted by atomic mass is 16.3. The van der Waals surface area contributed by atoms with Crippen LogP contribution in [-0.2, 0) is 5.41 Å². The number of hydrogen-bond donors (Lipinski definition) is 0. The van der Waals surface area contributed by atoms with Crippen molar-refractivity contribution in [3.63, 3.8) is 0 Å². The number of hydrogen-bond acceptors (Lipinski definition) is 3. The molecule has 0 aliphatic carbocycles. The SMILES string of the molecule is Cc1ccc(N(c2ccc3c(c2)oc2c(C(C)(C)C)cccc23)c2cc3oc4ccc5ccccc5c4c3c3ccccc23)cc1. The minimum atomic E-state index is -0.0314. The van der Waals surface area contributed by atoms with Crippen LogP contribution in [0.3, 0.4) is 0 Å². The van der Waals surface area contributed by atoms with Gasteiger partial charge in [0.2, 0.25) is 0 Å². The Labute approximate surface area is 267 Å². The second-order valence-corrected chi connectivity index (χ2v) is 13.5. The van der Waals surface area contributed by atoms with Crippen molar-refractivity contribution in [2.24, 2.45) is 0 Å². The molecule has 3 heteroatoms. The summed E-state index contributed by atoms with van der Waals surface area (Å²) in [5.74, 6) is 0. The topological polar surface area (TPSA) is 29.5 Å². The number of para-hydroxylation sites is 1. The van der Waals surface area contributed by atoms with Crippen molar-refractivity contribution in [1.29, 1.82) is 0 Å². The van der Waals surface area contributed by atoms with Crippen LogP contribution in [0.5, 0.6) is 0 Å². The Morgan fingerprint density at radius 3 is 2.00 bits per heavy atom. The highest BCUT2D eigenvalue weighted by Crippen LogP contribution is 2.47. The summed E-state index contributed by atoms with van der Waals surface area (Å²) in [6, 6.07) is 45.6. The van der Waals surface area contributed by atoms with Crippen LogP contribution in [0.2, 0.25) is 0 Å². The van der Waals surface area contributed by atoms with E-state index in [1.165, 1.54) is 27.3 Å². The number of anilines is 3. The average Bonchev–Trinajstić information content (AvgIpc) is 3.63. The molecule has 9 aromatic rings. The Morgan fingerprint density at radius 2 is 1.20 bits per heavy atom. The normalized spacial score (nSPS) is 12.3. The molecule has 0 amide bonds. The Balaban J connectivity index is 1.35. The van der Waals surface area contributed by atoms with Crippen molar-refractivity contribution in [1.82, 2.24) is 0 Å². The fourth-order valence-corrected chi connectivity index (χ4v) is 7.21. The molecule has 46 heavy (non-hydrogen) atoms. The molecule has 222 valence electrons. The molecule has 2 heterocycles. The van der Waals surface area contributed by atoms with Crippen molar-refractivity contribution in [2.75, 3.05) is 4.90 Å². The maximum atomic E-state index is 6.69. The van der Waals surface area contributed by atoms with Gasteiger partial charge < -0.3 is 13.7 Å². The molecule has 0 N–H and O–H groups in total. The van der Waals surface area contributed by atoms with Crippen molar-refractivity contribution in [3.8, 4) is 0 Å². The van der Waals surface area contributed by atoms with Gasteiger partial charge in [0.05, 0.1) is 5.69 Å². The largest absolute Gasteiger partial charge is 0.456 e. The summed E-state index contributed by atoms with van der Waals surface area (Å²) in [5.41, 5.74) is 9.17. The molecule has 0 unspecified atom stereocenters. The minimum absolute atomic E-state index is 0.0314. The molecule has 0 spiro atoms. The zero-order valence-corrected chi connectivity index (χ0v) is 26.4. The summed E-state index contributed by atoms with van der Waals surface area (Å²) in [6.45, 7) is 8.84. The van der Waals surface area contributed by atoms with E-state index >= 15 is 0 Å². The molecule has 0 radical (unpaired) electrons. The van der Waals surface area contributed by atoms with E-state index in [-0.39, 0.29) is 5.41 Å². The molecule has 0 fully saturated rings. The van der Waals surface area contributed by atoms with Gasteiger partial charge in [0.1, 0.15) is 22.3 Å². The number of aryl methyl sites for hydroxylation is 1. The van der Waals surface area contributed by atoms with Crippen LogP contribution >= 0.6 is 0 Å². The van der Waals surface area contributed by atoms with Gasteiger partial charge in [-0.15, -0.1) is 0 Å². The van der Waals surface area contributed by atoms with Gasteiger partial charge >= 0.3 is 0 Å². The molecular formula is C43H33NO2. The summed E-state index contributed by atoms with van der Waals surface area (Å²) in [5, 5.41) is 9.33. The van der Waals surface area contributed by atoms with Gasteiger partial charge in [-0.3, -0.25) is 0 Å². The number of rotatable bonds is 3. The number of nitrogens with zero attached hydrogens (tertiary/aromatic N) is 1. The van der Waals surface area contributed by atoms with E-state index in [9.17, 15) is 0 Å². The summed E-state index contributed by atoms with van der Waals surface area (Å²) in [6.07, 6.45) is 0. The van der Waals surface area contributed by atoms with Crippen molar-refractivity contribution in [3.05, 3.63) is 139 Å². The monoisotopic (exact) mass is 595 g/mol. The first-order valence-corrected chi connectivity index (χ1v) is 15.9. The first kappa shape index (κ1) is 26.8. The molecule has 0 saturated carbocycles. The van der Waals surface area contributed by atoms with Gasteiger partial charge in [-0.1, -0.05) is 111 Å². The number of benzene rings is 7. The lowest BCUT2D eigenvalue weighted by Gasteiger charge is -2.27. The molecular weight excluding hydrogens is 562 g/mol. The molecule has 0 aliphatic rings. The lowest BCUT2D eigenvalue weighted by atomic mass is 9.86. The third-order valence-electron chi connectivity index (χ3n) is 9.43. The third kappa shape index (κ3) is 3.98. The highest BCUT2D eigenvalue weighted by Gasteiger charge is 2.24. The Kier molecular flexibility index (Phi) is 5.67. The Bertz CT molecular complexity index is 2630. The van der Waals surface area contributed by atoms with Crippen LogP contribution in [0.1, 0.15) is 31.9 Å². The quantitative estimate of drug-likeness (QED) is 0.203. The van der Waals surface area contributed by atoms with Crippen molar-refractivity contribution < 1.29 is 8.83 Å². The second kappa shape index (κ2) is 9.73. The van der Waals surface area contributed by atoms with Gasteiger partial charge in [0, 0.05) is 56.0 Å². The summed E-state index contributed by atoms with van der Waals surface area (Å²) in [4.78, 5) is 2.34. The predicted molar refractivity (Wildman–Crippen MR) is 194 cm³/mol. The molecule has 2 aromatic heterocycles. The first-order chi connectivity index (χ1) is 22.3. The van der Waals surface area contributed by atoms with Gasteiger partial charge in [-0.25, -0.2) is 0 Å². The van der Waals surface area contributed by atoms with Crippen LogP contribution in [0.4, 0.5) is 17.1 Å². The van der Waals surface area contributed by atoms with E-state index in [1.54, 1.807) is 0 Å². The second-order valence-electron chi connectivity index (χ2n) is 13.5. The molecule has 0 atom stereocenters. The number of fused-ring (bicyclic) bond motifs is 10. The lowest BCUT2D eigenvalue weighted by molar-refractivity contribution is 0.573. The fourth-order valence-electron chi connectivity index (χ4n) is 7.21. The predicted octanol–water partition coefficient (Wildman–Crippen LogP) is 12.9. The fraction of sp³-hybridized carbons (Fsp3) is 0.116. The summed E-state index contributed by atoms with van der Waals surface area (Å²) >= 11 is 0. The molecule has 0 aliphatic heterocycles.